The molecule has 5 heteroatoms. The van der Waals surface area contributed by atoms with E-state index in [9.17, 15) is 4.79 Å². The summed E-state index contributed by atoms with van der Waals surface area (Å²) in [7, 11) is 1.99. The minimum atomic E-state index is -0.207. The summed E-state index contributed by atoms with van der Waals surface area (Å²) in [6.45, 7) is 4.68. The molecule has 1 aliphatic rings. The maximum atomic E-state index is 12.3. The van der Waals surface area contributed by atoms with Gasteiger partial charge in [-0.1, -0.05) is 42.2 Å². The maximum absolute atomic E-state index is 12.3. The number of carbonyl (C=O) groups excluding carboxylic acids is 1. The number of carbonyl (C=O) groups is 1. The number of hydrogen-bond donors (Lipinski definition) is 1. The molecular weight excluding hydrogens is 376 g/mol. The van der Waals surface area contributed by atoms with Gasteiger partial charge in [0.25, 0.3) is 0 Å². The summed E-state index contributed by atoms with van der Waals surface area (Å²) in [6, 6.07) is 14.0. The second kappa shape index (κ2) is 8.16. The Bertz CT molecular complexity index is 1150. The van der Waals surface area contributed by atoms with Gasteiger partial charge >= 0.3 is 0 Å². The Morgan fingerprint density at radius 3 is 2.90 bits per heavy atom. The van der Waals surface area contributed by atoms with E-state index in [1.807, 2.05) is 48.1 Å². The number of rotatable bonds is 5. The lowest BCUT2D eigenvalue weighted by Crippen LogP contribution is -2.25. The largest absolute Gasteiger partial charge is 0.483 e. The van der Waals surface area contributed by atoms with Gasteiger partial charge in [0.05, 0.1) is 13.0 Å². The summed E-state index contributed by atoms with van der Waals surface area (Å²) in [4.78, 5) is 12.3. The quantitative estimate of drug-likeness (QED) is 0.663. The van der Waals surface area contributed by atoms with Gasteiger partial charge < -0.3 is 19.4 Å². The first-order valence-electron chi connectivity index (χ1n) is 10.1. The highest BCUT2D eigenvalue weighted by Gasteiger charge is 2.32. The number of para-hydroxylation sites is 2. The standard InChI is InChI=1S/C25H26N2O3/c1-25(2)16-18-9-8-12-22(24(18)30-25)29-14-7-6-13-26-23(28)15-19-17-27(3)21-11-5-4-10-20(19)21/h4-5,8-12,17H,13-16H2,1-3H3,(H,26,28). The minimum absolute atomic E-state index is 0.0434. The van der Waals surface area contributed by atoms with Crippen molar-refractivity contribution in [1.82, 2.24) is 9.88 Å². The van der Waals surface area contributed by atoms with Crippen molar-refractivity contribution >= 4 is 16.8 Å². The second-order valence-electron chi connectivity index (χ2n) is 8.16. The first-order chi connectivity index (χ1) is 14.4. The van der Waals surface area contributed by atoms with Crippen LogP contribution in [0.15, 0.2) is 48.7 Å². The van der Waals surface area contributed by atoms with Crippen LogP contribution in [0.1, 0.15) is 25.0 Å². The Morgan fingerprint density at radius 1 is 1.20 bits per heavy atom. The lowest BCUT2D eigenvalue weighted by Gasteiger charge is -2.17. The second-order valence-corrected chi connectivity index (χ2v) is 8.16. The molecule has 0 unspecified atom stereocenters. The number of hydrogen-bond acceptors (Lipinski definition) is 3. The van der Waals surface area contributed by atoms with Gasteiger partial charge in [0.15, 0.2) is 11.5 Å². The Hall–Kier alpha value is -3.39. The molecule has 30 heavy (non-hydrogen) atoms. The molecule has 5 nitrogen and oxygen atoms in total. The van der Waals surface area contributed by atoms with Crippen molar-refractivity contribution in [2.45, 2.75) is 32.3 Å². The molecule has 0 saturated carbocycles. The molecule has 4 rings (SSSR count). The van der Waals surface area contributed by atoms with E-state index in [2.05, 4.69) is 43.1 Å². The van der Waals surface area contributed by atoms with Gasteiger partial charge in [0, 0.05) is 36.1 Å². The third-order valence-corrected chi connectivity index (χ3v) is 5.18. The van der Waals surface area contributed by atoms with Crippen molar-refractivity contribution < 1.29 is 14.3 Å². The fraction of sp³-hybridized carbons (Fsp3) is 0.320. The third-order valence-electron chi connectivity index (χ3n) is 5.18. The van der Waals surface area contributed by atoms with Crippen LogP contribution in [0.3, 0.4) is 0 Å². The molecule has 3 aromatic rings. The van der Waals surface area contributed by atoms with E-state index in [-0.39, 0.29) is 18.1 Å². The first-order valence-corrected chi connectivity index (χ1v) is 10.1. The molecule has 2 aromatic carbocycles. The molecule has 1 N–H and O–H groups in total. The smallest absolute Gasteiger partial charge is 0.225 e. The van der Waals surface area contributed by atoms with E-state index < -0.39 is 0 Å². The number of nitrogens with zero attached hydrogens (tertiary/aromatic N) is 1. The molecule has 154 valence electrons. The summed E-state index contributed by atoms with van der Waals surface area (Å²) in [5, 5.41) is 3.96. The highest BCUT2D eigenvalue weighted by molar-refractivity contribution is 5.89. The van der Waals surface area contributed by atoms with Crippen LogP contribution in [0.25, 0.3) is 10.9 Å². The number of amides is 1. The van der Waals surface area contributed by atoms with Gasteiger partial charge in [-0.15, -0.1) is 0 Å². The number of aromatic nitrogens is 1. The van der Waals surface area contributed by atoms with Gasteiger partial charge in [-0.05, 0) is 31.5 Å². The SMILES string of the molecule is Cn1cc(CC(=O)NCC#CCOc2cccc3c2OC(C)(C)C3)c2ccccc21. The summed E-state index contributed by atoms with van der Waals surface area (Å²) in [5.74, 6) is 7.38. The highest BCUT2D eigenvalue weighted by Crippen LogP contribution is 2.41. The number of aryl methyl sites for hydroxylation is 1. The minimum Gasteiger partial charge on any atom is -0.483 e. The summed E-state index contributed by atoms with van der Waals surface area (Å²) in [5.41, 5.74) is 3.09. The van der Waals surface area contributed by atoms with Crippen molar-refractivity contribution in [3.05, 3.63) is 59.8 Å². The van der Waals surface area contributed by atoms with Crippen molar-refractivity contribution in [3.8, 4) is 23.3 Å². The fourth-order valence-electron chi connectivity index (χ4n) is 3.87. The molecule has 1 aromatic heterocycles. The summed E-state index contributed by atoms with van der Waals surface area (Å²) < 4.78 is 13.8. The van der Waals surface area contributed by atoms with Gasteiger partial charge in [0.2, 0.25) is 5.91 Å². The highest BCUT2D eigenvalue weighted by atomic mass is 16.5. The van der Waals surface area contributed by atoms with E-state index >= 15 is 0 Å². The topological polar surface area (TPSA) is 52.5 Å². The Labute approximate surface area is 177 Å². The molecule has 0 aliphatic carbocycles. The molecule has 2 heterocycles. The molecule has 0 saturated heterocycles. The van der Waals surface area contributed by atoms with Gasteiger partial charge in [-0.2, -0.15) is 0 Å². The predicted molar refractivity (Wildman–Crippen MR) is 118 cm³/mol. The van der Waals surface area contributed by atoms with Crippen LogP contribution in [0.5, 0.6) is 11.5 Å². The third kappa shape index (κ3) is 4.28. The number of benzene rings is 2. The van der Waals surface area contributed by atoms with Crippen LogP contribution in [0, 0.1) is 11.8 Å². The van der Waals surface area contributed by atoms with E-state index in [4.69, 9.17) is 9.47 Å². The molecular formula is C25H26N2O3. The number of nitrogens with one attached hydrogen (secondary N) is 1. The lowest BCUT2D eigenvalue weighted by molar-refractivity contribution is -0.120. The van der Waals surface area contributed by atoms with Crippen LogP contribution in [-0.2, 0) is 24.7 Å². The molecule has 1 aliphatic heterocycles. The van der Waals surface area contributed by atoms with Crippen LogP contribution in [0.4, 0.5) is 0 Å². The monoisotopic (exact) mass is 402 g/mol. The Kier molecular flexibility index (Phi) is 5.41. The summed E-state index contributed by atoms with van der Waals surface area (Å²) >= 11 is 0. The zero-order chi connectivity index (χ0) is 21.1. The van der Waals surface area contributed by atoms with Crippen LogP contribution < -0.4 is 14.8 Å². The maximum Gasteiger partial charge on any atom is 0.225 e. The van der Waals surface area contributed by atoms with E-state index in [1.54, 1.807) is 0 Å². The zero-order valence-corrected chi connectivity index (χ0v) is 17.6. The van der Waals surface area contributed by atoms with E-state index in [0.29, 0.717) is 18.7 Å². The molecule has 1 amide bonds. The van der Waals surface area contributed by atoms with Crippen LogP contribution in [-0.4, -0.2) is 29.2 Å². The molecule has 0 spiro atoms. The normalized spacial score (nSPS) is 13.8. The zero-order valence-electron chi connectivity index (χ0n) is 17.6. The van der Waals surface area contributed by atoms with Crippen LogP contribution >= 0.6 is 0 Å². The average molecular weight is 402 g/mol. The molecule has 0 fully saturated rings. The van der Waals surface area contributed by atoms with Crippen molar-refractivity contribution in [2.24, 2.45) is 7.05 Å². The Morgan fingerprint density at radius 2 is 2.03 bits per heavy atom. The van der Waals surface area contributed by atoms with Crippen molar-refractivity contribution in [3.63, 3.8) is 0 Å². The lowest BCUT2D eigenvalue weighted by atomic mass is 10.0. The van der Waals surface area contributed by atoms with E-state index in [0.717, 1.165) is 34.2 Å². The Balaban J connectivity index is 1.26. The fourth-order valence-corrected chi connectivity index (χ4v) is 3.87. The molecule has 0 bridgehead atoms. The van der Waals surface area contributed by atoms with Gasteiger partial charge in [-0.3, -0.25) is 4.79 Å². The molecule has 0 atom stereocenters. The number of ether oxygens (including phenoxy) is 2. The van der Waals surface area contributed by atoms with E-state index in [1.165, 1.54) is 0 Å². The van der Waals surface area contributed by atoms with Gasteiger partial charge in [0.1, 0.15) is 12.2 Å². The average Bonchev–Trinajstić information content (AvgIpc) is 3.20. The first kappa shape index (κ1) is 19.9. The van der Waals surface area contributed by atoms with Crippen molar-refractivity contribution in [2.75, 3.05) is 13.2 Å². The van der Waals surface area contributed by atoms with Crippen molar-refractivity contribution in [1.29, 1.82) is 0 Å². The van der Waals surface area contributed by atoms with Crippen LogP contribution in [0.2, 0.25) is 0 Å². The predicted octanol–water partition coefficient (Wildman–Crippen LogP) is 3.63. The summed E-state index contributed by atoms with van der Waals surface area (Å²) in [6.07, 6.45) is 3.21. The molecule has 0 radical (unpaired) electrons. The van der Waals surface area contributed by atoms with Gasteiger partial charge in [-0.25, -0.2) is 0 Å². The number of fused-ring (bicyclic) bond motifs is 2.